The van der Waals surface area contributed by atoms with Gasteiger partial charge in [-0.05, 0) is 68.6 Å². The number of anilines is 1. The molecule has 1 aromatic carbocycles. The van der Waals surface area contributed by atoms with Crippen molar-refractivity contribution in [2.45, 2.75) is 94.6 Å². The van der Waals surface area contributed by atoms with Crippen molar-refractivity contribution in [2.24, 2.45) is 17.8 Å². The van der Waals surface area contributed by atoms with E-state index in [1.54, 1.807) is 4.90 Å². The van der Waals surface area contributed by atoms with Crippen LogP contribution in [0.5, 0.6) is 5.88 Å². The Hall–Kier alpha value is -4.27. The van der Waals surface area contributed by atoms with Gasteiger partial charge in [0.2, 0.25) is 33.7 Å². The van der Waals surface area contributed by atoms with Gasteiger partial charge in [-0.3, -0.25) is 23.9 Å². The summed E-state index contributed by atoms with van der Waals surface area (Å²) < 4.78 is 39.6. The van der Waals surface area contributed by atoms with Gasteiger partial charge in [-0.25, -0.2) is 13.4 Å². The summed E-state index contributed by atoms with van der Waals surface area (Å²) in [6.45, 7) is 7.72. The van der Waals surface area contributed by atoms with E-state index < -0.39 is 68.5 Å². The van der Waals surface area contributed by atoms with Crippen LogP contribution in [0.3, 0.4) is 0 Å². The molecule has 276 valence electrons. The number of ether oxygens (including phenoxy) is 2. The van der Waals surface area contributed by atoms with Crippen LogP contribution < -0.4 is 19.7 Å². The number of esters is 1. The van der Waals surface area contributed by atoms with Crippen LogP contribution >= 0.6 is 0 Å². The van der Waals surface area contributed by atoms with E-state index in [2.05, 4.69) is 16.6 Å². The summed E-state index contributed by atoms with van der Waals surface area (Å²) in [4.78, 5) is 67.6. The monoisotopic (exact) mass is 724 g/mol. The highest BCUT2D eigenvalue weighted by atomic mass is 32.2. The average molecular weight is 725 g/mol. The number of cyclic esters (lactones) is 1. The lowest BCUT2D eigenvalue weighted by atomic mass is 9.90. The van der Waals surface area contributed by atoms with Crippen LogP contribution in [-0.2, 0) is 40.4 Å². The quantitative estimate of drug-likeness (QED) is 0.302. The van der Waals surface area contributed by atoms with Crippen LogP contribution in [0.25, 0.3) is 10.9 Å². The topological polar surface area (TPSA) is 177 Å². The van der Waals surface area contributed by atoms with Gasteiger partial charge in [-0.15, -0.1) is 6.58 Å². The SMILES string of the molecule is C=C[C@@H]1C[C@]1(NC(=O)[C@@H]1C[C@@H]2CN1C(=O)[C@H](C(C)C)CC(=O)OCCCCCc1ccc3nc(N(C)C)nc(c3c1)O2)C(=O)NS(=O)(=O)C1CC1. The number of sulfonamides is 1. The summed E-state index contributed by atoms with van der Waals surface area (Å²) in [7, 11) is -0.228. The van der Waals surface area contributed by atoms with Gasteiger partial charge in [0.1, 0.15) is 17.7 Å². The number of amides is 3. The Balaban J connectivity index is 1.34. The van der Waals surface area contributed by atoms with Crippen molar-refractivity contribution < 1.29 is 37.1 Å². The molecule has 0 spiro atoms. The number of rotatable bonds is 8. The molecule has 51 heavy (non-hydrogen) atoms. The fraction of sp³-hybridized carbons (Fsp3) is 0.611. The molecule has 5 atom stereocenters. The molecule has 1 aromatic heterocycles. The fourth-order valence-electron chi connectivity index (χ4n) is 6.99. The number of nitrogens with one attached hydrogen (secondary N) is 2. The molecule has 2 aliphatic heterocycles. The number of aryl methyl sites for hydroxylation is 1. The summed E-state index contributed by atoms with van der Waals surface area (Å²) in [5.41, 5.74) is 0.231. The maximum Gasteiger partial charge on any atom is 0.306 e. The lowest BCUT2D eigenvalue weighted by molar-refractivity contribution is -0.151. The van der Waals surface area contributed by atoms with Crippen molar-refractivity contribution in [3.63, 3.8) is 0 Å². The second kappa shape index (κ2) is 14.4. The van der Waals surface area contributed by atoms with Gasteiger partial charge in [-0.2, -0.15) is 4.98 Å². The summed E-state index contributed by atoms with van der Waals surface area (Å²) in [6.07, 6.45) is 5.06. The molecular formula is C36H48N6O8S. The summed E-state index contributed by atoms with van der Waals surface area (Å²) in [5, 5.41) is 2.89. The van der Waals surface area contributed by atoms with Crippen LogP contribution in [0, 0.1) is 17.8 Å². The van der Waals surface area contributed by atoms with Gasteiger partial charge in [0.15, 0.2) is 0 Å². The largest absolute Gasteiger partial charge is 0.472 e. The molecule has 14 nitrogen and oxygen atoms in total. The predicted octanol–water partition coefficient (Wildman–Crippen LogP) is 2.65. The van der Waals surface area contributed by atoms with E-state index in [4.69, 9.17) is 19.4 Å². The summed E-state index contributed by atoms with van der Waals surface area (Å²) >= 11 is 0. The zero-order valence-electron chi connectivity index (χ0n) is 29.7. The first kappa shape index (κ1) is 36.5. The minimum Gasteiger partial charge on any atom is -0.472 e. The Morgan fingerprint density at radius 1 is 1.14 bits per heavy atom. The first-order chi connectivity index (χ1) is 24.2. The highest BCUT2D eigenvalue weighted by Crippen LogP contribution is 2.45. The number of carbonyl (C=O) groups is 4. The molecule has 2 aliphatic carbocycles. The first-order valence-corrected chi connectivity index (χ1v) is 19.4. The minimum atomic E-state index is -3.88. The van der Waals surface area contributed by atoms with Crippen LogP contribution in [0.4, 0.5) is 5.95 Å². The third-order valence-electron chi connectivity index (χ3n) is 10.4. The third kappa shape index (κ3) is 7.82. The van der Waals surface area contributed by atoms with Gasteiger partial charge in [0.25, 0.3) is 5.91 Å². The Morgan fingerprint density at radius 3 is 2.57 bits per heavy atom. The van der Waals surface area contributed by atoms with E-state index >= 15 is 0 Å². The molecule has 1 saturated heterocycles. The molecule has 15 heteroatoms. The molecule has 0 radical (unpaired) electrons. The number of aromatic nitrogens is 2. The highest BCUT2D eigenvalue weighted by Gasteiger charge is 2.62. The van der Waals surface area contributed by atoms with Gasteiger partial charge < -0.3 is 24.6 Å². The molecular weight excluding hydrogens is 676 g/mol. The molecule has 0 unspecified atom stereocenters. The van der Waals surface area contributed by atoms with Gasteiger partial charge >= 0.3 is 5.97 Å². The van der Waals surface area contributed by atoms with Crippen LogP contribution in [0.15, 0.2) is 30.9 Å². The number of hydrogen-bond acceptors (Lipinski definition) is 11. The lowest BCUT2D eigenvalue weighted by Gasteiger charge is -2.30. The highest BCUT2D eigenvalue weighted by molar-refractivity contribution is 7.91. The van der Waals surface area contributed by atoms with Crippen LogP contribution in [0.1, 0.15) is 70.8 Å². The van der Waals surface area contributed by atoms with Crippen molar-refractivity contribution in [1.29, 1.82) is 0 Å². The molecule has 3 heterocycles. The van der Waals surface area contributed by atoms with E-state index in [1.807, 2.05) is 46.1 Å². The normalized spacial score (nSPS) is 27.3. The van der Waals surface area contributed by atoms with Crippen molar-refractivity contribution >= 4 is 50.6 Å². The summed E-state index contributed by atoms with van der Waals surface area (Å²) in [5.74, 6) is -3.13. The van der Waals surface area contributed by atoms with Crippen molar-refractivity contribution in [1.82, 2.24) is 24.9 Å². The van der Waals surface area contributed by atoms with E-state index in [-0.39, 0.29) is 38.3 Å². The standard InChI is InChI=1S/C36H48N6O8S/c1-6-23-19-36(23,34(46)40-51(47,48)25-12-13-25)39-31(44)29-17-24-20-42(29)33(45)26(21(2)3)18-30(43)49-15-9-7-8-10-22-11-14-28-27(16-22)32(50-24)38-35(37-28)41(4)5/h6,11,14,16,21,23-26,29H,1,7-10,12-13,15,17-20H2,2-5H3,(H,39,44)(H,40,46)/t23-,24-,26+,29+,36-/m1/s1. The van der Waals surface area contributed by atoms with Crippen molar-refractivity contribution in [2.75, 3.05) is 32.1 Å². The molecule has 4 aliphatic rings. The number of carbonyl (C=O) groups excluding carboxylic acids is 4. The molecule has 3 amide bonds. The smallest absolute Gasteiger partial charge is 0.306 e. The molecule has 6 rings (SSSR count). The van der Waals surface area contributed by atoms with Crippen LogP contribution in [-0.4, -0.2) is 97.2 Å². The van der Waals surface area contributed by atoms with E-state index in [9.17, 15) is 27.6 Å². The Bertz CT molecular complexity index is 1830. The second-order valence-corrected chi connectivity index (χ2v) is 16.8. The average Bonchev–Trinajstić information content (AvgIpc) is 4.01. The van der Waals surface area contributed by atoms with E-state index in [0.717, 1.165) is 24.8 Å². The lowest BCUT2D eigenvalue weighted by Crippen LogP contribution is -2.57. The summed E-state index contributed by atoms with van der Waals surface area (Å²) in [6, 6.07) is 4.87. The Kier molecular flexibility index (Phi) is 10.3. The zero-order chi connectivity index (χ0) is 36.7. The molecule has 4 bridgehead atoms. The molecule has 3 fully saturated rings. The third-order valence-corrected chi connectivity index (χ3v) is 12.2. The van der Waals surface area contributed by atoms with Crippen LogP contribution in [0.2, 0.25) is 0 Å². The second-order valence-electron chi connectivity index (χ2n) is 14.8. The predicted molar refractivity (Wildman–Crippen MR) is 189 cm³/mol. The Labute approximate surface area is 298 Å². The number of fused-ring (bicyclic) bond motifs is 3. The zero-order valence-corrected chi connectivity index (χ0v) is 30.5. The van der Waals surface area contributed by atoms with Crippen molar-refractivity contribution in [3.8, 4) is 5.88 Å². The first-order valence-electron chi connectivity index (χ1n) is 17.8. The maximum absolute atomic E-state index is 14.4. The molecule has 2 N–H and O–H groups in total. The number of benzene rings is 1. The van der Waals surface area contributed by atoms with Gasteiger partial charge in [0.05, 0.1) is 41.6 Å². The van der Waals surface area contributed by atoms with E-state index in [1.165, 1.54) is 11.0 Å². The number of hydrogen-bond donors (Lipinski definition) is 2. The maximum atomic E-state index is 14.4. The molecule has 2 aromatic rings. The van der Waals surface area contributed by atoms with Gasteiger partial charge in [0, 0.05) is 26.4 Å². The van der Waals surface area contributed by atoms with Crippen molar-refractivity contribution in [3.05, 3.63) is 36.4 Å². The molecule has 2 saturated carbocycles. The van der Waals surface area contributed by atoms with Gasteiger partial charge in [-0.1, -0.05) is 26.0 Å². The fourth-order valence-corrected chi connectivity index (χ4v) is 8.35. The van der Waals surface area contributed by atoms with E-state index in [0.29, 0.717) is 42.0 Å². The minimum absolute atomic E-state index is 0.0117. The number of nitrogens with zero attached hydrogens (tertiary/aromatic N) is 4. The Morgan fingerprint density at radius 2 is 1.90 bits per heavy atom.